The monoisotopic (exact) mass is 400 g/mol. The number of halogens is 1. The molecule has 0 bridgehead atoms. The highest BCUT2D eigenvalue weighted by Gasteiger charge is 2.17. The van der Waals surface area contributed by atoms with Crippen LogP contribution in [0.25, 0.3) is 0 Å². The number of nitrogens with two attached hydrogens (primary N) is 1. The van der Waals surface area contributed by atoms with Gasteiger partial charge in [-0.15, -0.1) is 0 Å². The van der Waals surface area contributed by atoms with Crippen LogP contribution in [0, 0.1) is 0 Å². The van der Waals surface area contributed by atoms with Gasteiger partial charge in [0.05, 0.1) is 6.54 Å². The van der Waals surface area contributed by atoms with E-state index in [1.165, 1.54) is 0 Å². The Kier molecular flexibility index (Phi) is 6.00. The second kappa shape index (κ2) is 8.62. The number of guanidine groups is 1. The largest absolute Gasteiger partial charge is 0.370 e. The third-order valence-corrected chi connectivity index (χ3v) is 4.42. The number of hydrogen-bond acceptors (Lipinski definition) is 5. The highest BCUT2D eigenvalue weighted by atomic mass is 35.5. The minimum atomic E-state index is -0.728. The van der Waals surface area contributed by atoms with E-state index < -0.39 is 12.1 Å². The molecule has 1 heterocycles. The molecule has 1 aliphatic rings. The molecule has 1 aliphatic heterocycles. The Labute approximate surface area is 167 Å². The van der Waals surface area contributed by atoms with Crippen LogP contribution in [0.2, 0.25) is 5.02 Å². The highest BCUT2D eigenvalue weighted by molar-refractivity contribution is 6.30. The van der Waals surface area contributed by atoms with Gasteiger partial charge in [-0.05, 0) is 55.5 Å². The Hall–Kier alpha value is -3.26. The fourth-order valence-electron chi connectivity index (χ4n) is 2.66. The lowest BCUT2D eigenvalue weighted by Gasteiger charge is -2.18. The average molecular weight is 401 g/mol. The lowest BCUT2D eigenvalue weighted by Crippen LogP contribution is -2.43. The molecule has 9 heteroatoms. The van der Waals surface area contributed by atoms with Crippen LogP contribution in [0.1, 0.15) is 6.92 Å². The number of rotatable bonds is 5. The number of hydrogen-bond donors (Lipinski definition) is 4. The van der Waals surface area contributed by atoms with Gasteiger partial charge in [-0.1, -0.05) is 11.6 Å². The Bertz CT molecular complexity index is 882. The van der Waals surface area contributed by atoms with Crippen molar-refractivity contribution in [3.05, 3.63) is 53.6 Å². The number of aliphatic imine (C=N–C) groups is 1. The Balaban J connectivity index is 1.51. The standard InChI is InChI=1S/C19H21ClN6O2/c1-12(23-19(28)25-15-4-2-13(20)3-5-15)17(27)24-14-6-8-16(9-7-14)26-11-10-22-18(26)21/h2-9,12H,10-11H2,1H3,(H2,21,22)(H,24,27)(H2,23,25,28)/t12-/m1/s1. The Morgan fingerprint density at radius 3 is 2.29 bits per heavy atom. The SMILES string of the molecule is C[C@@H](NC(=O)Nc1ccc(Cl)cc1)C(=O)Nc1ccc(N2CCN=C2N)cc1. The first kappa shape index (κ1) is 19.5. The third-order valence-electron chi connectivity index (χ3n) is 4.16. The van der Waals surface area contributed by atoms with E-state index in [1.807, 2.05) is 17.0 Å². The first-order valence-corrected chi connectivity index (χ1v) is 9.11. The van der Waals surface area contributed by atoms with Gasteiger partial charge >= 0.3 is 6.03 Å². The van der Waals surface area contributed by atoms with E-state index in [0.29, 0.717) is 28.9 Å². The van der Waals surface area contributed by atoms with E-state index in [-0.39, 0.29) is 5.91 Å². The minimum Gasteiger partial charge on any atom is -0.370 e. The van der Waals surface area contributed by atoms with Crippen LogP contribution in [-0.4, -0.2) is 37.0 Å². The highest BCUT2D eigenvalue weighted by Crippen LogP contribution is 2.19. The molecule has 0 saturated heterocycles. The number of carbonyl (C=O) groups excluding carboxylic acids is 2. The molecular formula is C19H21ClN6O2. The molecule has 8 nitrogen and oxygen atoms in total. The van der Waals surface area contributed by atoms with Gasteiger partial charge in [0.2, 0.25) is 5.91 Å². The first-order chi connectivity index (χ1) is 13.4. The predicted octanol–water partition coefficient (Wildman–Crippen LogP) is 2.62. The molecule has 0 aromatic heterocycles. The first-order valence-electron chi connectivity index (χ1n) is 8.74. The molecule has 0 aliphatic carbocycles. The summed E-state index contributed by atoms with van der Waals surface area (Å²) in [7, 11) is 0. The van der Waals surface area contributed by atoms with Gasteiger partial charge in [0, 0.05) is 28.6 Å². The number of urea groups is 1. The van der Waals surface area contributed by atoms with Gasteiger partial charge in [-0.25, -0.2) is 4.79 Å². The van der Waals surface area contributed by atoms with Crippen LogP contribution < -0.4 is 26.6 Å². The molecule has 28 heavy (non-hydrogen) atoms. The molecule has 2 aromatic carbocycles. The molecule has 1 atom stereocenters. The van der Waals surface area contributed by atoms with Crippen molar-refractivity contribution in [2.75, 3.05) is 28.6 Å². The maximum absolute atomic E-state index is 12.3. The van der Waals surface area contributed by atoms with E-state index in [4.69, 9.17) is 17.3 Å². The van der Waals surface area contributed by atoms with Gasteiger partial charge in [0.25, 0.3) is 0 Å². The summed E-state index contributed by atoms with van der Waals surface area (Å²) in [5.74, 6) is 0.155. The van der Waals surface area contributed by atoms with E-state index in [1.54, 1.807) is 43.3 Å². The number of nitrogens with zero attached hydrogens (tertiary/aromatic N) is 2. The summed E-state index contributed by atoms with van der Waals surface area (Å²) in [6.45, 7) is 3.01. The molecule has 0 fully saturated rings. The zero-order chi connectivity index (χ0) is 20.1. The molecule has 0 unspecified atom stereocenters. The quantitative estimate of drug-likeness (QED) is 0.618. The van der Waals surface area contributed by atoms with E-state index in [0.717, 1.165) is 12.2 Å². The maximum atomic E-state index is 12.3. The number of nitrogens with one attached hydrogen (secondary N) is 3. The summed E-state index contributed by atoms with van der Waals surface area (Å²) in [5.41, 5.74) is 7.94. The fraction of sp³-hybridized carbons (Fsp3) is 0.211. The molecule has 3 amide bonds. The summed E-state index contributed by atoms with van der Waals surface area (Å²) in [4.78, 5) is 30.4. The van der Waals surface area contributed by atoms with E-state index >= 15 is 0 Å². The van der Waals surface area contributed by atoms with Gasteiger partial charge < -0.3 is 26.6 Å². The second-order valence-corrected chi connectivity index (χ2v) is 6.69. The molecule has 0 spiro atoms. The molecule has 146 valence electrons. The zero-order valence-corrected chi connectivity index (χ0v) is 16.0. The lowest BCUT2D eigenvalue weighted by atomic mass is 10.2. The van der Waals surface area contributed by atoms with Crippen LogP contribution in [0.5, 0.6) is 0 Å². The zero-order valence-electron chi connectivity index (χ0n) is 15.3. The molecule has 5 N–H and O–H groups in total. The lowest BCUT2D eigenvalue weighted by molar-refractivity contribution is -0.117. The summed E-state index contributed by atoms with van der Waals surface area (Å²) in [6, 6.07) is 12.7. The molecule has 2 aromatic rings. The van der Waals surface area contributed by atoms with Crippen LogP contribution in [0.15, 0.2) is 53.5 Å². The third kappa shape index (κ3) is 4.92. The van der Waals surface area contributed by atoms with Crippen molar-refractivity contribution in [1.82, 2.24) is 5.32 Å². The van der Waals surface area contributed by atoms with Gasteiger partial charge in [-0.2, -0.15) is 0 Å². The van der Waals surface area contributed by atoms with Gasteiger partial charge in [0.1, 0.15) is 6.04 Å². The number of benzene rings is 2. The number of anilines is 3. The van der Waals surface area contributed by atoms with Crippen molar-refractivity contribution in [3.8, 4) is 0 Å². The van der Waals surface area contributed by atoms with Crippen molar-refractivity contribution < 1.29 is 9.59 Å². The van der Waals surface area contributed by atoms with Crippen LogP contribution in [-0.2, 0) is 4.79 Å². The summed E-state index contributed by atoms with van der Waals surface area (Å²) in [5, 5.41) is 8.58. The van der Waals surface area contributed by atoms with Crippen LogP contribution in [0.4, 0.5) is 21.9 Å². The molecular weight excluding hydrogens is 380 g/mol. The van der Waals surface area contributed by atoms with E-state index in [2.05, 4.69) is 20.9 Å². The molecule has 0 saturated carbocycles. The maximum Gasteiger partial charge on any atom is 0.319 e. The summed E-state index contributed by atoms with van der Waals surface area (Å²) in [6.07, 6.45) is 0. The van der Waals surface area contributed by atoms with Crippen LogP contribution in [0.3, 0.4) is 0 Å². The number of carbonyl (C=O) groups is 2. The predicted molar refractivity (Wildman–Crippen MR) is 112 cm³/mol. The van der Waals surface area contributed by atoms with Gasteiger partial charge in [0.15, 0.2) is 5.96 Å². The molecule has 0 radical (unpaired) electrons. The van der Waals surface area contributed by atoms with Crippen LogP contribution >= 0.6 is 11.6 Å². The van der Waals surface area contributed by atoms with Crippen molar-refractivity contribution in [2.45, 2.75) is 13.0 Å². The Morgan fingerprint density at radius 2 is 1.68 bits per heavy atom. The van der Waals surface area contributed by atoms with Gasteiger partial charge in [-0.3, -0.25) is 9.79 Å². The van der Waals surface area contributed by atoms with Crippen molar-refractivity contribution in [1.29, 1.82) is 0 Å². The Morgan fingerprint density at radius 1 is 1.07 bits per heavy atom. The summed E-state index contributed by atoms with van der Waals surface area (Å²) < 4.78 is 0. The number of amides is 3. The smallest absolute Gasteiger partial charge is 0.319 e. The fourth-order valence-corrected chi connectivity index (χ4v) is 2.79. The van der Waals surface area contributed by atoms with E-state index in [9.17, 15) is 9.59 Å². The molecule has 3 rings (SSSR count). The van der Waals surface area contributed by atoms with Crippen molar-refractivity contribution in [2.24, 2.45) is 10.7 Å². The average Bonchev–Trinajstić information content (AvgIpc) is 3.10. The normalized spacial score (nSPS) is 14.2. The summed E-state index contributed by atoms with van der Waals surface area (Å²) >= 11 is 5.81. The topological polar surface area (TPSA) is 112 Å². The minimum absolute atomic E-state index is 0.332. The second-order valence-electron chi connectivity index (χ2n) is 6.25. The van der Waals surface area contributed by atoms with Crippen molar-refractivity contribution >= 4 is 46.6 Å². The van der Waals surface area contributed by atoms with Crippen molar-refractivity contribution in [3.63, 3.8) is 0 Å².